The summed E-state index contributed by atoms with van der Waals surface area (Å²) in [5.41, 5.74) is -1.38. The molecule has 0 unspecified atom stereocenters. The van der Waals surface area contributed by atoms with Crippen molar-refractivity contribution < 1.29 is 14.4 Å². The SMILES string of the molecule is O=C1CCC23CCC(=O)C12C(=O)CC3. The van der Waals surface area contributed by atoms with Gasteiger partial charge in [0.1, 0.15) is 0 Å². The zero-order valence-corrected chi connectivity index (χ0v) is 7.97. The summed E-state index contributed by atoms with van der Waals surface area (Å²) >= 11 is 0. The number of rotatable bonds is 0. The van der Waals surface area contributed by atoms with Crippen molar-refractivity contribution in [3.63, 3.8) is 0 Å². The molecule has 3 aliphatic rings. The normalized spacial score (nSPS) is 45.9. The van der Waals surface area contributed by atoms with Crippen molar-refractivity contribution in [2.45, 2.75) is 38.5 Å². The van der Waals surface area contributed by atoms with E-state index < -0.39 is 5.41 Å². The van der Waals surface area contributed by atoms with E-state index in [4.69, 9.17) is 0 Å². The van der Waals surface area contributed by atoms with Gasteiger partial charge >= 0.3 is 0 Å². The molecule has 14 heavy (non-hydrogen) atoms. The molecule has 3 rings (SSSR count). The van der Waals surface area contributed by atoms with Crippen LogP contribution in [0.4, 0.5) is 0 Å². The van der Waals surface area contributed by atoms with Gasteiger partial charge in [-0.3, -0.25) is 14.4 Å². The van der Waals surface area contributed by atoms with Gasteiger partial charge in [-0.25, -0.2) is 0 Å². The molecule has 0 aromatic rings. The van der Waals surface area contributed by atoms with Crippen LogP contribution in [0, 0.1) is 10.8 Å². The number of hydrogen-bond donors (Lipinski definition) is 0. The third-order valence-electron chi connectivity index (χ3n) is 4.54. The Hall–Kier alpha value is -0.990. The number of hydrogen-bond acceptors (Lipinski definition) is 3. The van der Waals surface area contributed by atoms with E-state index in [1.165, 1.54) is 0 Å². The standard InChI is InChI=1S/C11H12O3/c12-7-1-4-10-5-2-8(13)11(7,10)9(14)3-6-10/h1-6H2. The minimum Gasteiger partial charge on any atom is -0.298 e. The largest absolute Gasteiger partial charge is 0.298 e. The van der Waals surface area contributed by atoms with E-state index in [1.807, 2.05) is 0 Å². The van der Waals surface area contributed by atoms with Crippen LogP contribution in [0.5, 0.6) is 0 Å². The Kier molecular flexibility index (Phi) is 1.28. The van der Waals surface area contributed by atoms with Gasteiger partial charge in [-0.1, -0.05) is 0 Å². The molecule has 0 amide bonds. The highest BCUT2D eigenvalue weighted by atomic mass is 16.2. The minimum atomic E-state index is -1.15. The highest BCUT2D eigenvalue weighted by Gasteiger charge is 2.73. The van der Waals surface area contributed by atoms with Gasteiger partial charge in [0.2, 0.25) is 0 Å². The van der Waals surface area contributed by atoms with Gasteiger partial charge in [0.05, 0.1) is 0 Å². The van der Waals surface area contributed by atoms with Crippen molar-refractivity contribution in [3.8, 4) is 0 Å². The lowest BCUT2D eigenvalue weighted by molar-refractivity contribution is -0.146. The van der Waals surface area contributed by atoms with Crippen molar-refractivity contribution in [1.82, 2.24) is 0 Å². The van der Waals surface area contributed by atoms with Crippen LogP contribution >= 0.6 is 0 Å². The summed E-state index contributed by atoms with van der Waals surface area (Å²) in [5.74, 6) is -0.243. The Morgan fingerprint density at radius 3 is 1.36 bits per heavy atom. The highest BCUT2D eigenvalue weighted by molar-refractivity contribution is 6.28. The Labute approximate surface area is 81.9 Å². The molecule has 0 aromatic carbocycles. The third-order valence-corrected chi connectivity index (χ3v) is 4.54. The van der Waals surface area contributed by atoms with E-state index in [0.717, 1.165) is 19.3 Å². The molecule has 0 spiro atoms. The topological polar surface area (TPSA) is 51.2 Å². The average molecular weight is 192 g/mol. The van der Waals surface area contributed by atoms with Gasteiger partial charge in [0, 0.05) is 19.3 Å². The van der Waals surface area contributed by atoms with Crippen molar-refractivity contribution in [3.05, 3.63) is 0 Å². The van der Waals surface area contributed by atoms with Gasteiger partial charge in [0.15, 0.2) is 22.8 Å². The molecule has 0 bridgehead atoms. The first-order chi connectivity index (χ1) is 6.63. The molecule has 3 heteroatoms. The quantitative estimate of drug-likeness (QED) is 0.539. The molecule has 0 aromatic heterocycles. The highest BCUT2D eigenvalue weighted by Crippen LogP contribution is 2.66. The van der Waals surface area contributed by atoms with Crippen LogP contribution in [0.25, 0.3) is 0 Å². The molecule has 0 atom stereocenters. The van der Waals surface area contributed by atoms with Crippen molar-refractivity contribution in [2.24, 2.45) is 10.8 Å². The molecule has 0 radical (unpaired) electrons. The molecule has 74 valence electrons. The van der Waals surface area contributed by atoms with Gasteiger partial charge < -0.3 is 0 Å². The van der Waals surface area contributed by atoms with Gasteiger partial charge in [-0.15, -0.1) is 0 Å². The summed E-state index contributed by atoms with van der Waals surface area (Å²) in [5, 5.41) is 0. The maximum absolute atomic E-state index is 11.8. The van der Waals surface area contributed by atoms with Gasteiger partial charge in [-0.05, 0) is 24.7 Å². The summed E-state index contributed by atoms with van der Waals surface area (Å²) in [7, 11) is 0. The number of carbonyl (C=O) groups excluding carboxylic acids is 3. The molecule has 0 heterocycles. The maximum Gasteiger partial charge on any atom is 0.154 e. The Morgan fingerprint density at radius 2 is 1.07 bits per heavy atom. The van der Waals surface area contributed by atoms with Crippen LogP contribution in [0.3, 0.4) is 0 Å². The Morgan fingerprint density at radius 1 is 0.714 bits per heavy atom. The first-order valence-corrected chi connectivity index (χ1v) is 5.23. The predicted molar refractivity (Wildman–Crippen MR) is 47.6 cm³/mol. The molecular weight excluding hydrogens is 180 g/mol. The zero-order valence-electron chi connectivity index (χ0n) is 7.97. The molecule has 3 fully saturated rings. The van der Waals surface area contributed by atoms with Crippen LogP contribution in [0.2, 0.25) is 0 Å². The average Bonchev–Trinajstić information content (AvgIpc) is 2.71. The van der Waals surface area contributed by atoms with E-state index in [0.29, 0.717) is 19.3 Å². The molecule has 3 nitrogen and oxygen atoms in total. The first-order valence-electron chi connectivity index (χ1n) is 5.23. The van der Waals surface area contributed by atoms with Crippen LogP contribution in [0.15, 0.2) is 0 Å². The summed E-state index contributed by atoms with van der Waals surface area (Å²) in [6.45, 7) is 0. The fourth-order valence-corrected chi connectivity index (χ4v) is 3.91. The smallest absolute Gasteiger partial charge is 0.154 e. The first kappa shape index (κ1) is 8.33. The predicted octanol–water partition coefficient (Wildman–Crippen LogP) is 1.05. The zero-order chi connectivity index (χ0) is 9.97. The Balaban J connectivity index is 2.28. The van der Waals surface area contributed by atoms with Crippen molar-refractivity contribution in [1.29, 1.82) is 0 Å². The van der Waals surface area contributed by atoms with Crippen LogP contribution in [-0.2, 0) is 14.4 Å². The molecule has 3 aliphatic carbocycles. The lowest BCUT2D eigenvalue weighted by Gasteiger charge is -2.28. The summed E-state index contributed by atoms with van der Waals surface area (Å²) in [4.78, 5) is 35.5. The van der Waals surface area contributed by atoms with Crippen LogP contribution in [0.1, 0.15) is 38.5 Å². The van der Waals surface area contributed by atoms with E-state index in [2.05, 4.69) is 0 Å². The third kappa shape index (κ3) is 0.570. The second-order valence-electron chi connectivity index (χ2n) is 4.80. The van der Waals surface area contributed by atoms with Gasteiger partial charge in [0.25, 0.3) is 0 Å². The lowest BCUT2D eigenvalue weighted by atomic mass is 9.69. The Bertz CT molecular complexity index is 314. The van der Waals surface area contributed by atoms with E-state index in [1.54, 1.807) is 0 Å². The second kappa shape index (κ2) is 2.15. The monoisotopic (exact) mass is 192 g/mol. The maximum atomic E-state index is 11.8. The molecule has 0 aliphatic heterocycles. The van der Waals surface area contributed by atoms with Gasteiger partial charge in [-0.2, -0.15) is 0 Å². The van der Waals surface area contributed by atoms with Crippen molar-refractivity contribution in [2.75, 3.05) is 0 Å². The summed E-state index contributed by atoms with van der Waals surface area (Å²) < 4.78 is 0. The number of carbonyl (C=O) groups is 3. The molecule has 0 N–H and O–H groups in total. The van der Waals surface area contributed by atoms with E-state index >= 15 is 0 Å². The molecular formula is C11H12O3. The van der Waals surface area contributed by atoms with Crippen LogP contribution in [-0.4, -0.2) is 17.3 Å². The summed E-state index contributed by atoms with van der Waals surface area (Å²) in [6, 6.07) is 0. The fourth-order valence-electron chi connectivity index (χ4n) is 3.91. The number of ketones is 3. The minimum absolute atomic E-state index is 0.0810. The molecule has 0 saturated heterocycles. The van der Waals surface area contributed by atoms with E-state index in [-0.39, 0.29) is 22.8 Å². The fraction of sp³-hybridized carbons (Fsp3) is 0.727. The van der Waals surface area contributed by atoms with Crippen LogP contribution < -0.4 is 0 Å². The lowest BCUT2D eigenvalue weighted by Crippen LogP contribution is -2.43. The molecule has 3 saturated carbocycles. The number of Topliss-reactive ketones (excluding diaryl/α,β-unsaturated/α-hetero) is 3. The second-order valence-corrected chi connectivity index (χ2v) is 4.80. The van der Waals surface area contributed by atoms with E-state index in [9.17, 15) is 14.4 Å². The summed E-state index contributed by atoms with van der Waals surface area (Å²) in [6.07, 6.45) is 3.63. The van der Waals surface area contributed by atoms with Crippen molar-refractivity contribution >= 4 is 17.3 Å².